The van der Waals surface area contributed by atoms with Crippen LogP contribution in [0.2, 0.25) is 5.02 Å². The van der Waals surface area contributed by atoms with Crippen LogP contribution in [-0.4, -0.2) is 15.6 Å². The summed E-state index contributed by atoms with van der Waals surface area (Å²) >= 11 is 6.13. The van der Waals surface area contributed by atoms with Crippen LogP contribution in [0.5, 0.6) is 0 Å². The van der Waals surface area contributed by atoms with Gasteiger partial charge in [0.25, 0.3) is 0 Å². The second-order valence-electron chi connectivity index (χ2n) is 5.34. The van der Waals surface area contributed by atoms with Crippen molar-refractivity contribution in [3.63, 3.8) is 0 Å². The maximum Gasteiger partial charge on any atom is 0.352 e. The molecular weight excluding hydrogens is 278 g/mol. The van der Waals surface area contributed by atoms with Crippen molar-refractivity contribution in [1.29, 1.82) is 0 Å². The lowest BCUT2D eigenvalue weighted by Gasteiger charge is -2.16. The van der Waals surface area contributed by atoms with Gasteiger partial charge in [0.2, 0.25) is 0 Å². The summed E-state index contributed by atoms with van der Waals surface area (Å²) in [6.45, 7) is 2.49. The third-order valence-corrected chi connectivity index (χ3v) is 4.08. The molecule has 4 nitrogen and oxygen atoms in total. The molecule has 1 aliphatic carbocycles. The minimum atomic E-state index is -1.08. The molecule has 20 heavy (non-hydrogen) atoms. The van der Waals surface area contributed by atoms with E-state index in [1.807, 2.05) is 13.0 Å². The summed E-state index contributed by atoms with van der Waals surface area (Å²) in [5.74, 6) is -0.582. The molecule has 1 aliphatic rings. The van der Waals surface area contributed by atoms with Crippen molar-refractivity contribution in [3.05, 3.63) is 44.7 Å². The van der Waals surface area contributed by atoms with Crippen LogP contribution < -0.4 is 5.43 Å². The van der Waals surface area contributed by atoms with Gasteiger partial charge >= 0.3 is 5.97 Å². The van der Waals surface area contributed by atoms with E-state index in [9.17, 15) is 14.7 Å². The predicted molar refractivity (Wildman–Crippen MR) is 77.6 cm³/mol. The molecule has 0 amide bonds. The lowest BCUT2D eigenvalue weighted by molar-refractivity contribution is 0.0684. The minimum Gasteiger partial charge on any atom is -0.477 e. The van der Waals surface area contributed by atoms with Crippen molar-refractivity contribution in [2.45, 2.75) is 26.3 Å². The van der Waals surface area contributed by atoms with E-state index < -0.39 is 5.97 Å². The van der Waals surface area contributed by atoms with E-state index in [1.165, 1.54) is 6.07 Å². The Morgan fingerprint density at radius 3 is 2.75 bits per heavy atom. The predicted octanol–water partition coefficient (Wildman–Crippen LogP) is 3.07. The van der Waals surface area contributed by atoms with Crippen molar-refractivity contribution in [2.24, 2.45) is 5.92 Å². The zero-order valence-corrected chi connectivity index (χ0v) is 11.8. The fourth-order valence-corrected chi connectivity index (χ4v) is 2.82. The summed E-state index contributed by atoms with van der Waals surface area (Å²) in [6.07, 6.45) is 2.21. The highest BCUT2D eigenvalue weighted by atomic mass is 35.5. The summed E-state index contributed by atoms with van der Waals surface area (Å²) < 4.78 is 1.73. The molecule has 0 unspecified atom stereocenters. The van der Waals surface area contributed by atoms with Gasteiger partial charge in [-0.3, -0.25) is 4.79 Å². The molecule has 0 radical (unpaired) electrons. The monoisotopic (exact) mass is 291 g/mol. The largest absolute Gasteiger partial charge is 0.477 e. The minimum absolute atomic E-state index is 0.0415. The molecule has 104 valence electrons. The lowest BCUT2D eigenvalue weighted by atomic mass is 10.1. The van der Waals surface area contributed by atoms with E-state index in [4.69, 9.17) is 11.6 Å². The van der Waals surface area contributed by atoms with E-state index >= 15 is 0 Å². The molecule has 0 atom stereocenters. The molecule has 0 bridgehead atoms. The van der Waals surface area contributed by atoms with Crippen LogP contribution in [0.25, 0.3) is 10.9 Å². The Hall–Kier alpha value is -1.81. The summed E-state index contributed by atoms with van der Waals surface area (Å²) in [4.78, 5) is 23.6. The van der Waals surface area contributed by atoms with Gasteiger partial charge < -0.3 is 9.67 Å². The second kappa shape index (κ2) is 4.63. The van der Waals surface area contributed by atoms with E-state index in [-0.39, 0.29) is 11.1 Å². The van der Waals surface area contributed by atoms with E-state index in [0.717, 1.165) is 18.4 Å². The Kier molecular flexibility index (Phi) is 3.05. The van der Waals surface area contributed by atoms with Crippen LogP contribution >= 0.6 is 11.6 Å². The normalized spacial score (nSPS) is 14.7. The van der Waals surface area contributed by atoms with Crippen molar-refractivity contribution in [1.82, 2.24) is 4.57 Å². The zero-order chi connectivity index (χ0) is 14.4. The van der Waals surface area contributed by atoms with Crippen LogP contribution in [0.1, 0.15) is 28.9 Å². The topological polar surface area (TPSA) is 59.3 Å². The molecule has 3 rings (SSSR count). The van der Waals surface area contributed by atoms with Gasteiger partial charge in [0.15, 0.2) is 5.43 Å². The summed E-state index contributed by atoms with van der Waals surface area (Å²) in [7, 11) is 0. The number of hydrogen-bond donors (Lipinski definition) is 1. The maximum atomic E-state index is 12.2. The maximum absolute atomic E-state index is 12.2. The SMILES string of the molecule is Cc1ccc(Cl)c2c(=O)cc(C(=O)O)n(CC3CC3)c12. The molecule has 1 fully saturated rings. The van der Waals surface area contributed by atoms with Crippen LogP contribution in [0.3, 0.4) is 0 Å². The van der Waals surface area contributed by atoms with Gasteiger partial charge in [0.05, 0.1) is 15.9 Å². The third kappa shape index (κ3) is 2.10. The standard InChI is InChI=1S/C15H14ClNO3/c1-8-2-5-10(16)13-12(18)6-11(15(19)20)17(14(8)13)7-9-3-4-9/h2,5-6,9H,3-4,7H2,1H3,(H,19,20). The quantitative estimate of drug-likeness (QED) is 0.945. The molecule has 1 saturated carbocycles. The molecule has 0 spiro atoms. The first-order valence-electron chi connectivity index (χ1n) is 6.55. The smallest absolute Gasteiger partial charge is 0.352 e. The zero-order valence-electron chi connectivity index (χ0n) is 11.0. The highest BCUT2D eigenvalue weighted by Gasteiger charge is 2.26. The van der Waals surface area contributed by atoms with Crippen LogP contribution in [0.15, 0.2) is 23.0 Å². The van der Waals surface area contributed by atoms with Crippen LogP contribution in [0.4, 0.5) is 0 Å². The first kappa shape index (κ1) is 13.2. The molecule has 1 aromatic carbocycles. The van der Waals surface area contributed by atoms with Crippen LogP contribution in [-0.2, 0) is 6.54 Å². The number of carboxylic acids is 1. The van der Waals surface area contributed by atoms with Gasteiger partial charge in [-0.1, -0.05) is 17.7 Å². The molecule has 1 N–H and O–H groups in total. The lowest BCUT2D eigenvalue weighted by Crippen LogP contribution is -2.19. The Bertz CT molecular complexity index is 775. The highest BCUT2D eigenvalue weighted by molar-refractivity contribution is 6.35. The van der Waals surface area contributed by atoms with Gasteiger partial charge in [-0.05, 0) is 37.3 Å². The number of fused-ring (bicyclic) bond motifs is 1. The van der Waals surface area contributed by atoms with E-state index in [2.05, 4.69) is 0 Å². The average molecular weight is 292 g/mol. The molecule has 5 heteroatoms. The molecular formula is C15H14ClNO3. The molecule has 0 saturated heterocycles. The Morgan fingerprint density at radius 1 is 1.45 bits per heavy atom. The number of carbonyl (C=O) groups is 1. The summed E-state index contributed by atoms with van der Waals surface area (Å²) in [6, 6.07) is 4.68. The molecule has 2 aromatic rings. The van der Waals surface area contributed by atoms with Gasteiger partial charge in [-0.15, -0.1) is 0 Å². The number of pyridine rings is 1. The van der Waals surface area contributed by atoms with Crippen molar-refractivity contribution < 1.29 is 9.90 Å². The van der Waals surface area contributed by atoms with Gasteiger partial charge in [0.1, 0.15) is 5.69 Å². The summed E-state index contributed by atoms with van der Waals surface area (Å²) in [5, 5.41) is 10.1. The third-order valence-electron chi connectivity index (χ3n) is 3.76. The first-order valence-corrected chi connectivity index (χ1v) is 6.93. The number of hydrogen-bond acceptors (Lipinski definition) is 2. The molecule has 0 aliphatic heterocycles. The molecule has 1 heterocycles. The Labute approximate surface area is 120 Å². The number of halogens is 1. The van der Waals surface area contributed by atoms with Crippen LogP contribution in [0, 0.1) is 12.8 Å². The van der Waals surface area contributed by atoms with E-state index in [1.54, 1.807) is 10.6 Å². The van der Waals surface area contributed by atoms with Gasteiger partial charge in [-0.25, -0.2) is 4.79 Å². The highest BCUT2D eigenvalue weighted by Crippen LogP contribution is 2.33. The summed E-state index contributed by atoms with van der Waals surface area (Å²) in [5.41, 5.74) is 1.22. The fraction of sp³-hybridized carbons (Fsp3) is 0.333. The number of aromatic carboxylic acids is 1. The van der Waals surface area contributed by atoms with Gasteiger partial charge in [-0.2, -0.15) is 0 Å². The second-order valence-corrected chi connectivity index (χ2v) is 5.75. The van der Waals surface area contributed by atoms with Gasteiger partial charge in [0, 0.05) is 12.6 Å². The average Bonchev–Trinajstić information content (AvgIpc) is 3.19. The number of carboxylic acid groups (broad SMARTS) is 1. The van der Waals surface area contributed by atoms with Crippen molar-refractivity contribution >= 4 is 28.5 Å². The molecule has 1 aromatic heterocycles. The number of aryl methyl sites for hydroxylation is 1. The number of nitrogens with zero attached hydrogens (tertiary/aromatic N) is 1. The Morgan fingerprint density at radius 2 is 2.15 bits per heavy atom. The van der Waals surface area contributed by atoms with Crippen molar-refractivity contribution in [3.8, 4) is 0 Å². The fourth-order valence-electron chi connectivity index (χ4n) is 2.57. The Balaban J connectivity index is 2.42. The first-order chi connectivity index (χ1) is 9.49. The number of benzene rings is 1. The van der Waals surface area contributed by atoms with Crippen molar-refractivity contribution in [2.75, 3.05) is 0 Å². The number of aromatic nitrogens is 1. The number of rotatable bonds is 3. The van der Waals surface area contributed by atoms with E-state index in [0.29, 0.717) is 28.4 Å².